The number of aromatic nitrogens is 1. The summed E-state index contributed by atoms with van der Waals surface area (Å²) in [6.45, 7) is 0. The summed E-state index contributed by atoms with van der Waals surface area (Å²) in [6, 6.07) is 11.3. The first-order valence-corrected chi connectivity index (χ1v) is 6.31. The fourth-order valence-electron chi connectivity index (χ4n) is 1.44. The summed E-state index contributed by atoms with van der Waals surface area (Å²) in [7, 11) is 1.86. The van der Waals surface area contributed by atoms with Gasteiger partial charge in [0.05, 0.1) is 0 Å². The lowest BCUT2D eigenvalue weighted by molar-refractivity contribution is 0.474. The number of pyridine rings is 1. The van der Waals surface area contributed by atoms with E-state index >= 15 is 0 Å². The molecular weight excluding hydrogens is 232 g/mol. The molecule has 0 radical (unpaired) electrons. The van der Waals surface area contributed by atoms with Gasteiger partial charge in [0.25, 0.3) is 0 Å². The Morgan fingerprint density at radius 3 is 2.94 bits per heavy atom. The van der Waals surface area contributed by atoms with Gasteiger partial charge in [-0.05, 0) is 35.9 Å². The molecule has 2 rings (SSSR count). The number of thioether (sulfide) groups is 1. The Labute approximate surface area is 105 Å². The highest BCUT2D eigenvalue weighted by Gasteiger charge is 1.99. The van der Waals surface area contributed by atoms with E-state index < -0.39 is 0 Å². The van der Waals surface area contributed by atoms with Crippen molar-refractivity contribution in [2.75, 3.05) is 12.4 Å². The van der Waals surface area contributed by atoms with Crippen molar-refractivity contribution in [3.05, 3.63) is 48.2 Å². The van der Waals surface area contributed by atoms with E-state index in [1.165, 1.54) is 5.56 Å². The molecule has 0 atom stereocenters. The van der Waals surface area contributed by atoms with Crippen LogP contribution in [0.3, 0.4) is 0 Å². The second-order valence-electron chi connectivity index (χ2n) is 3.59. The third-order valence-electron chi connectivity index (χ3n) is 2.30. The molecule has 2 N–H and O–H groups in total. The van der Waals surface area contributed by atoms with E-state index in [1.54, 1.807) is 30.1 Å². The zero-order valence-corrected chi connectivity index (χ0v) is 10.4. The highest BCUT2D eigenvalue weighted by molar-refractivity contribution is 7.98. The number of nitrogens with zero attached hydrogens (tertiary/aromatic N) is 1. The number of benzene rings is 1. The standard InChI is InChI=1S/C13H14N2OS/c1-14-13-7-10(5-6-15-13)9-17-12-4-2-3-11(16)8-12/h2-8,16H,9H2,1H3,(H,14,15). The summed E-state index contributed by atoms with van der Waals surface area (Å²) >= 11 is 1.69. The first-order valence-electron chi connectivity index (χ1n) is 5.32. The fraction of sp³-hybridized carbons (Fsp3) is 0.154. The van der Waals surface area contributed by atoms with Gasteiger partial charge in [-0.15, -0.1) is 11.8 Å². The van der Waals surface area contributed by atoms with Crippen LogP contribution in [0.25, 0.3) is 0 Å². The highest BCUT2D eigenvalue weighted by atomic mass is 32.2. The number of aromatic hydroxyl groups is 1. The molecule has 0 aliphatic rings. The van der Waals surface area contributed by atoms with Gasteiger partial charge in [0.1, 0.15) is 11.6 Å². The Kier molecular flexibility index (Phi) is 3.88. The third kappa shape index (κ3) is 3.39. The molecule has 4 heteroatoms. The first-order chi connectivity index (χ1) is 8.28. The van der Waals surface area contributed by atoms with E-state index in [1.807, 2.05) is 31.3 Å². The molecule has 0 bridgehead atoms. The molecule has 0 aliphatic carbocycles. The van der Waals surface area contributed by atoms with Crippen LogP contribution in [0.4, 0.5) is 5.82 Å². The SMILES string of the molecule is CNc1cc(CSc2cccc(O)c2)ccn1. The van der Waals surface area contributed by atoms with E-state index in [0.717, 1.165) is 16.5 Å². The molecule has 0 saturated heterocycles. The van der Waals surface area contributed by atoms with Crippen LogP contribution in [-0.2, 0) is 5.75 Å². The van der Waals surface area contributed by atoms with Crippen molar-refractivity contribution >= 4 is 17.6 Å². The highest BCUT2D eigenvalue weighted by Crippen LogP contribution is 2.25. The summed E-state index contributed by atoms with van der Waals surface area (Å²) in [5.41, 5.74) is 1.21. The van der Waals surface area contributed by atoms with Gasteiger partial charge in [0.15, 0.2) is 0 Å². The Morgan fingerprint density at radius 1 is 1.29 bits per heavy atom. The average Bonchev–Trinajstić information content (AvgIpc) is 2.37. The van der Waals surface area contributed by atoms with Crippen molar-refractivity contribution in [1.82, 2.24) is 4.98 Å². The lowest BCUT2D eigenvalue weighted by Gasteiger charge is -2.04. The lowest BCUT2D eigenvalue weighted by atomic mass is 10.3. The number of phenolic OH excluding ortho intramolecular Hbond substituents is 1. The number of hydrogen-bond acceptors (Lipinski definition) is 4. The summed E-state index contributed by atoms with van der Waals surface area (Å²) in [4.78, 5) is 5.23. The Morgan fingerprint density at radius 2 is 2.18 bits per heavy atom. The van der Waals surface area contributed by atoms with Crippen LogP contribution in [0.2, 0.25) is 0 Å². The number of nitrogens with one attached hydrogen (secondary N) is 1. The summed E-state index contributed by atoms with van der Waals surface area (Å²) in [5.74, 6) is 2.04. The van der Waals surface area contributed by atoms with Crippen molar-refractivity contribution in [3.8, 4) is 5.75 Å². The number of anilines is 1. The Bertz CT molecular complexity index is 502. The van der Waals surface area contributed by atoms with Gasteiger partial charge in [-0.25, -0.2) is 4.98 Å². The molecule has 0 unspecified atom stereocenters. The minimum atomic E-state index is 0.306. The molecule has 17 heavy (non-hydrogen) atoms. The van der Waals surface area contributed by atoms with Gasteiger partial charge in [-0.1, -0.05) is 6.07 Å². The second kappa shape index (κ2) is 5.59. The van der Waals surface area contributed by atoms with E-state index in [9.17, 15) is 5.11 Å². The van der Waals surface area contributed by atoms with Crippen LogP contribution in [0, 0.1) is 0 Å². The normalized spacial score (nSPS) is 10.2. The molecule has 0 fully saturated rings. The van der Waals surface area contributed by atoms with Crippen LogP contribution in [-0.4, -0.2) is 17.1 Å². The maximum Gasteiger partial charge on any atom is 0.125 e. The molecule has 0 spiro atoms. The van der Waals surface area contributed by atoms with E-state index in [4.69, 9.17) is 0 Å². The van der Waals surface area contributed by atoms with Crippen molar-refractivity contribution in [2.24, 2.45) is 0 Å². The predicted molar refractivity (Wildman–Crippen MR) is 71.5 cm³/mol. The molecule has 1 heterocycles. The first kappa shape index (κ1) is 11.8. The number of hydrogen-bond donors (Lipinski definition) is 2. The lowest BCUT2D eigenvalue weighted by Crippen LogP contribution is -1.92. The summed E-state index contributed by atoms with van der Waals surface area (Å²) < 4.78 is 0. The van der Waals surface area contributed by atoms with Gasteiger partial charge < -0.3 is 10.4 Å². The average molecular weight is 246 g/mol. The number of rotatable bonds is 4. The molecule has 0 saturated carbocycles. The quantitative estimate of drug-likeness (QED) is 0.814. The maximum absolute atomic E-state index is 9.36. The molecule has 2 aromatic rings. The smallest absolute Gasteiger partial charge is 0.125 e. The predicted octanol–water partition coefficient (Wildman–Crippen LogP) is 3.12. The fourth-order valence-corrected chi connectivity index (χ4v) is 2.33. The monoisotopic (exact) mass is 246 g/mol. The minimum Gasteiger partial charge on any atom is -0.508 e. The summed E-state index contributed by atoms with van der Waals surface area (Å²) in [5, 5.41) is 12.4. The Balaban J connectivity index is 2.02. The van der Waals surface area contributed by atoms with Crippen molar-refractivity contribution < 1.29 is 5.11 Å². The van der Waals surface area contributed by atoms with Crippen LogP contribution >= 0.6 is 11.8 Å². The molecule has 3 nitrogen and oxygen atoms in total. The number of phenols is 1. The van der Waals surface area contributed by atoms with E-state index in [2.05, 4.69) is 10.3 Å². The van der Waals surface area contributed by atoms with Gasteiger partial charge in [-0.2, -0.15) is 0 Å². The van der Waals surface area contributed by atoms with Crippen LogP contribution in [0.1, 0.15) is 5.56 Å². The third-order valence-corrected chi connectivity index (χ3v) is 3.37. The molecule has 0 aliphatic heterocycles. The molecule has 88 valence electrons. The zero-order chi connectivity index (χ0) is 12.1. The van der Waals surface area contributed by atoms with Gasteiger partial charge in [-0.3, -0.25) is 0 Å². The van der Waals surface area contributed by atoms with E-state index in [0.29, 0.717) is 5.75 Å². The Hall–Kier alpha value is -1.68. The molecular formula is C13H14N2OS. The van der Waals surface area contributed by atoms with Crippen LogP contribution in [0.5, 0.6) is 5.75 Å². The largest absolute Gasteiger partial charge is 0.508 e. The van der Waals surface area contributed by atoms with E-state index in [-0.39, 0.29) is 0 Å². The minimum absolute atomic E-state index is 0.306. The van der Waals surface area contributed by atoms with Gasteiger partial charge in [0.2, 0.25) is 0 Å². The van der Waals surface area contributed by atoms with Crippen molar-refractivity contribution in [3.63, 3.8) is 0 Å². The van der Waals surface area contributed by atoms with Crippen molar-refractivity contribution in [2.45, 2.75) is 10.6 Å². The second-order valence-corrected chi connectivity index (χ2v) is 4.63. The molecule has 0 amide bonds. The van der Waals surface area contributed by atoms with Crippen LogP contribution in [0.15, 0.2) is 47.5 Å². The van der Waals surface area contributed by atoms with Gasteiger partial charge >= 0.3 is 0 Å². The van der Waals surface area contributed by atoms with Gasteiger partial charge in [0, 0.05) is 23.9 Å². The molecule has 1 aromatic heterocycles. The molecule has 1 aromatic carbocycles. The maximum atomic E-state index is 9.36. The zero-order valence-electron chi connectivity index (χ0n) is 9.55. The van der Waals surface area contributed by atoms with Crippen molar-refractivity contribution in [1.29, 1.82) is 0 Å². The topological polar surface area (TPSA) is 45.1 Å². The van der Waals surface area contributed by atoms with Crippen LogP contribution < -0.4 is 5.32 Å². The summed E-state index contributed by atoms with van der Waals surface area (Å²) in [6.07, 6.45) is 1.80.